The van der Waals surface area contributed by atoms with Gasteiger partial charge >= 0.3 is 21.3 Å². The molecule has 1 rings (SSSR count). The second kappa shape index (κ2) is 5.33. The zero-order valence-corrected chi connectivity index (χ0v) is 11.1. The Labute approximate surface area is 117 Å². The largest absolute Gasteiger partial charge is 0.504 e. The Morgan fingerprint density at radius 1 is 1.24 bits per heavy atom. The van der Waals surface area contributed by atoms with Gasteiger partial charge in [-0.2, -0.15) is 17.2 Å². The van der Waals surface area contributed by atoms with Crippen molar-refractivity contribution in [3.63, 3.8) is 0 Å². The highest BCUT2D eigenvalue weighted by Gasteiger charge is 2.52. The van der Waals surface area contributed by atoms with E-state index in [1.165, 1.54) is 0 Å². The van der Waals surface area contributed by atoms with Gasteiger partial charge in [-0.3, -0.25) is 4.55 Å². The molecule has 0 aromatic heterocycles. The van der Waals surface area contributed by atoms with E-state index in [1.807, 2.05) is 0 Å². The summed E-state index contributed by atoms with van der Waals surface area (Å²) in [5, 5.41) is 22.6. The van der Waals surface area contributed by atoms with Crippen LogP contribution in [0.25, 0.3) is 0 Å². The van der Waals surface area contributed by atoms with Crippen LogP contribution >= 0.6 is 0 Å². The van der Waals surface area contributed by atoms with Crippen molar-refractivity contribution in [2.75, 3.05) is 0 Å². The van der Waals surface area contributed by atoms with E-state index in [0.717, 1.165) is 0 Å². The molecule has 0 amide bonds. The molecule has 0 spiro atoms. The lowest BCUT2D eigenvalue weighted by Gasteiger charge is -2.20. The van der Waals surface area contributed by atoms with Gasteiger partial charge in [0, 0.05) is 0 Å². The minimum absolute atomic E-state index is 0.520. The normalized spacial score (nSPS) is 13.7. The maximum absolute atomic E-state index is 13.2. The van der Waals surface area contributed by atoms with Crippen molar-refractivity contribution in [1.29, 1.82) is 0 Å². The van der Waals surface area contributed by atoms with Crippen molar-refractivity contribution in [1.82, 2.24) is 0 Å². The molecule has 1 atom stereocenters. The van der Waals surface area contributed by atoms with Gasteiger partial charge in [-0.1, -0.05) is 0 Å². The van der Waals surface area contributed by atoms with Crippen LogP contribution in [-0.4, -0.2) is 45.6 Å². The maximum atomic E-state index is 13.2. The smallest absolute Gasteiger partial charge is 0.405 e. The van der Waals surface area contributed by atoms with E-state index in [-0.39, 0.29) is 0 Å². The summed E-state index contributed by atoms with van der Waals surface area (Å²) in [7, 11) is -5.80. The number of alkyl halides is 2. The Bertz CT molecular complexity index is 647. The molecule has 0 aliphatic carbocycles. The van der Waals surface area contributed by atoms with Crippen LogP contribution < -0.4 is 0 Å². The molecule has 21 heavy (non-hydrogen) atoms. The molecule has 8 nitrogen and oxygen atoms in total. The molecule has 1 aromatic carbocycles. The molecular weight excluding hydrogens is 318 g/mol. The third kappa shape index (κ3) is 3.31. The first kappa shape index (κ1) is 16.9. The highest BCUT2D eigenvalue weighted by atomic mass is 32.2. The van der Waals surface area contributed by atoms with Gasteiger partial charge in [0.2, 0.25) is 0 Å². The van der Waals surface area contributed by atoms with Crippen LogP contribution in [0.15, 0.2) is 12.1 Å². The first-order valence-corrected chi connectivity index (χ1v) is 6.62. The minimum atomic E-state index is -5.80. The third-order valence-corrected chi connectivity index (χ3v) is 3.43. The number of phenols is 3. The average molecular weight is 328 g/mol. The molecule has 1 aromatic rings. The predicted molar refractivity (Wildman–Crippen MR) is 62.8 cm³/mol. The molecular formula is C10H10F2O8S. The topological polar surface area (TPSA) is 141 Å². The van der Waals surface area contributed by atoms with E-state index in [1.54, 1.807) is 0 Å². The minimum Gasteiger partial charge on any atom is -0.504 e. The predicted octanol–water partition coefficient (Wildman–Crippen LogP) is 0.829. The Morgan fingerprint density at radius 3 is 2.05 bits per heavy atom. The molecule has 0 radical (unpaired) electrons. The molecule has 118 valence electrons. The van der Waals surface area contributed by atoms with E-state index in [0.29, 0.717) is 19.1 Å². The number of hydrogen-bond donors (Lipinski definition) is 4. The molecule has 0 heterocycles. The second-order valence-corrected chi connectivity index (χ2v) is 5.44. The Morgan fingerprint density at radius 2 is 1.67 bits per heavy atom. The van der Waals surface area contributed by atoms with Crippen LogP contribution in [0.3, 0.4) is 0 Å². The first-order chi connectivity index (χ1) is 9.37. The highest BCUT2D eigenvalue weighted by Crippen LogP contribution is 2.36. The quantitative estimate of drug-likeness (QED) is 0.362. The zero-order valence-electron chi connectivity index (χ0n) is 10.3. The van der Waals surface area contributed by atoms with Crippen LogP contribution in [0.4, 0.5) is 8.78 Å². The van der Waals surface area contributed by atoms with Gasteiger partial charge in [0.05, 0.1) is 5.56 Å². The van der Waals surface area contributed by atoms with Crippen molar-refractivity contribution in [2.24, 2.45) is 0 Å². The van der Waals surface area contributed by atoms with Gasteiger partial charge in [0.15, 0.2) is 23.4 Å². The van der Waals surface area contributed by atoms with Crippen LogP contribution in [0, 0.1) is 0 Å². The van der Waals surface area contributed by atoms with Crippen molar-refractivity contribution >= 4 is 16.1 Å². The monoisotopic (exact) mass is 328 g/mol. The summed E-state index contributed by atoms with van der Waals surface area (Å²) in [6.07, 6.45) is -2.54. The number of hydrogen-bond acceptors (Lipinski definition) is 7. The number of esters is 1. The van der Waals surface area contributed by atoms with E-state index < -0.39 is 50.3 Å². The Balaban J connectivity index is 3.02. The van der Waals surface area contributed by atoms with Gasteiger partial charge in [-0.25, -0.2) is 4.79 Å². The van der Waals surface area contributed by atoms with Crippen LogP contribution in [0.5, 0.6) is 17.2 Å². The number of carbonyl (C=O) groups is 1. The van der Waals surface area contributed by atoms with Crippen molar-refractivity contribution in [2.45, 2.75) is 18.3 Å². The summed E-state index contributed by atoms with van der Waals surface area (Å²) in [6, 6.07) is 1.21. The number of ether oxygens (including phenoxy) is 1. The number of carbonyl (C=O) groups excluding carboxylic acids is 1. The molecule has 11 heteroatoms. The summed E-state index contributed by atoms with van der Waals surface area (Å²) in [6.45, 7) is 0.520. The van der Waals surface area contributed by atoms with Crippen molar-refractivity contribution in [3.05, 3.63) is 17.7 Å². The summed E-state index contributed by atoms with van der Waals surface area (Å²) < 4.78 is 59.8. The van der Waals surface area contributed by atoms with E-state index in [2.05, 4.69) is 4.74 Å². The summed E-state index contributed by atoms with van der Waals surface area (Å²) in [5.74, 6) is -4.30. The molecule has 1 unspecified atom stereocenters. The average Bonchev–Trinajstić information content (AvgIpc) is 2.33. The first-order valence-electron chi connectivity index (χ1n) is 5.18. The fraction of sp³-hybridized carbons (Fsp3) is 0.300. The van der Waals surface area contributed by atoms with Crippen molar-refractivity contribution < 1.29 is 46.6 Å². The summed E-state index contributed by atoms with van der Waals surface area (Å²) >= 11 is 0. The number of aromatic hydroxyl groups is 3. The van der Waals surface area contributed by atoms with E-state index in [4.69, 9.17) is 19.9 Å². The number of rotatable bonds is 4. The lowest BCUT2D eigenvalue weighted by atomic mass is 10.2. The summed E-state index contributed by atoms with van der Waals surface area (Å²) in [5.41, 5.74) is -0.624. The Hall–Kier alpha value is -2.14. The van der Waals surface area contributed by atoms with Crippen molar-refractivity contribution in [3.8, 4) is 17.2 Å². The molecule has 0 fully saturated rings. The zero-order chi connectivity index (χ0) is 16.6. The molecule has 4 N–H and O–H groups in total. The lowest BCUT2D eigenvalue weighted by Crippen LogP contribution is -2.42. The third-order valence-electron chi connectivity index (χ3n) is 2.41. The van der Waals surface area contributed by atoms with Gasteiger partial charge in [0.25, 0.3) is 0 Å². The molecule has 0 aliphatic rings. The molecule has 0 saturated heterocycles. The van der Waals surface area contributed by atoms with Gasteiger partial charge in [-0.15, -0.1) is 0 Å². The Kier molecular flexibility index (Phi) is 4.29. The van der Waals surface area contributed by atoms with E-state index >= 15 is 0 Å². The summed E-state index contributed by atoms with van der Waals surface area (Å²) in [4.78, 5) is 11.5. The standard InChI is InChI=1S/C10H10F2O8S/c1-4(10(11,12)21(17,18)19)20-9(16)5-2-6(13)8(15)7(14)3-5/h2-4,13-15H,1H3,(H,17,18,19). The molecule has 0 saturated carbocycles. The highest BCUT2D eigenvalue weighted by molar-refractivity contribution is 7.86. The van der Waals surface area contributed by atoms with Gasteiger partial charge in [-0.05, 0) is 19.1 Å². The number of phenolic OH excluding ortho intramolecular Hbond substituents is 3. The SMILES string of the molecule is CC(OC(=O)c1cc(O)c(O)c(O)c1)C(F)(F)S(=O)(=O)O. The van der Waals surface area contributed by atoms with Crippen LogP contribution in [0.1, 0.15) is 17.3 Å². The maximum Gasteiger partial charge on any atom is 0.405 e. The van der Waals surface area contributed by atoms with E-state index in [9.17, 15) is 22.0 Å². The number of halogens is 2. The van der Waals surface area contributed by atoms with Gasteiger partial charge in [0.1, 0.15) is 0 Å². The fourth-order valence-corrected chi connectivity index (χ4v) is 1.70. The fourth-order valence-electron chi connectivity index (χ4n) is 1.23. The van der Waals surface area contributed by atoms with Crippen LogP contribution in [0.2, 0.25) is 0 Å². The molecule has 0 aliphatic heterocycles. The van der Waals surface area contributed by atoms with Crippen LogP contribution in [-0.2, 0) is 14.9 Å². The van der Waals surface area contributed by atoms with Gasteiger partial charge < -0.3 is 20.1 Å². The molecule has 0 bridgehead atoms. The number of benzene rings is 1. The lowest BCUT2D eigenvalue weighted by molar-refractivity contribution is -0.0550. The second-order valence-electron chi connectivity index (χ2n) is 3.95.